The molecule has 1 aliphatic heterocycles. The van der Waals surface area contributed by atoms with Gasteiger partial charge in [-0.25, -0.2) is 9.69 Å². The van der Waals surface area contributed by atoms with Gasteiger partial charge in [0.15, 0.2) is 11.5 Å². The van der Waals surface area contributed by atoms with Gasteiger partial charge in [0, 0.05) is 0 Å². The van der Waals surface area contributed by atoms with E-state index in [2.05, 4.69) is 11.2 Å². The fourth-order valence-corrected chi connectivity index (χ4v) is 3.60. The second-order valence-electron chi connectivity index (χ2n) is 7.06. The van der Waals surface area contributed by atoms with Crippen molar-refractivity contribution in [3.05, 3.63) is 57.6 Å². The summed E-state index contributed by atoms with van der Waals surface area (Å²) in [6.45, 7) is 5.82. The maximum Gasteiger partial charge on any atom is 0.335 e. The van der Waals surface area contributed by atoms with E-state index >= 15 is 0 Å². The lowest BCUT2D eigenvalue weighted by atomic mass is 10.0. The molecule has 0 spiro atoms. The molecule has 164 valence electrons. The lowest BCUT2D eigenvalue weighted by molar-refractivity contribution is -0.122. The van der Waals surface area contributed by atoms with Gasteiger partial charge >= 0.3 is 6.03 Å². The minimum absolute atomic E-state index is 0.00585. The van der Waals surface area contributed by atoms with Gasteiger partial charge in [0.1, 0.15) is 12.2 Å². The number of benzene rings is 2. The molecule has 7 nitrogen and oxygen atoms in total. The molecule has 2 aromatic rings. The molecule has 8 heteroatoms. The van der Waals surface area contributed by atoms with Gasteiger partial charge < -0.3 is 9.47 Å². The Bertz CT molecular complexity index is 1160. The zero-order chi connectivity index (χ0) is 23.4. The zero-order valence-corrected chi connectivity index (χ0v) is 18.6. The van der Waals surface area contributed by atoms with E-state index in [1.54, 1.807) is 25.1 Å². The maximum atomic E-state index is 13.1. The van der Waals surface area contributed by atoms with Crippen LogP contribution in [0.3, 0.4) is 0 Å². The summed E-state index contributed by atoms with van der Waals surface area (Å²) in [4.78, 5) is 39.0. The van der Waals surface area contributed by atoms with E-state index in [0.29, 0.717) is 23.6 Å². The van der Waals surface area contributed by atoms with E-state index in [1.807, 2.05) is 19.9 Å². The molecule has 0 aromatic heterocycles. The van der Waals surface area contributed by atoms with Gasteiger partial charge in [-0.15, -0.1) is 6.42 Å². The first-order valence-corrected chi connectivity index (χ1v) is 10.1. The zero-order valence-electron chi connectivity index (χ0n) is 17.8. The lowest BCUT2D eigenvalue weighted by Gasteiger charge is -2.27. The molecule has 2 aromatic carbocycles. The van der Waals surface area contributed by atoms with E-state index in [-0.39, 0.29) is 23.0 Å². The molecule has 0 atom stereocenters. The average Bonchev–Trinajstić information content (AvgIpc) is 2.70. The number of nitrogens with one attached hydrogen (secondary N) is 1. The Hall–Kier alpha value is -3.76. The van der Waals surface area contributed by atoms with E-state index < -0.39 is 17.8 Å². The first kappa shape index (κ1) is 22.9. The number of terminal acetylenes is 1. The summed E-state index contributed by atoms with van der Waals surface area (Å²) >= 11 is 6.33. The van der Waals surface area contributed by atoms with E-state index in [4.69, 9.17) is 27.5 Å². The summed E-state index contributed by atoms with van der Waals surface area (Å²) in [5.41, 5.74) is 2.31. The number of urea groups is 1. The van der Waals surface area contributed by atoms with Gasteiger partial charge in [-0.2, -0.15) is 0 Å². The van der Waals surface area contributed by atoms with Gasteiger partial charge in [-0.3, -0.25) is 14.9 Å². The van der Waals surface area contributed by atoms with Crippen molar-refractivity contribution >= 4 is 41.2 Å². The Morgan fingerprint density at radius 3 is 2.41 bits per heavy atom. The Labute approximate surface area is 190 Å². The summed E-state index contributed by atoms with van der Waals surface area (Å²) in [6.07, 6.45) is 6.59. The SMILES string of the molecule is C#CCOc1c(Cl)cc(C=C2C(=O)NC(=O)N(c3cc(C)cc(C)c3)C2=O)cc1OCC. The fraction of sp³-hybridized carbons (Fsp3) is 0.208. The first-order valence-electron chi connectivity index (χ1n) is 9.77. The summed E-state index contributed by atoms with van der Waals surface area (Å²) in [5.74, 6) is 1.38. The highest BCUT2D eigenvalue weighted by Crippen LogP contribution is 2.37. The number of carbonyl (C=O) groups excluding carboxylic acids is 3. The van der Waals surface area contributed by atoms with Crippen LogP contribution in [0.5, 0.6) is 11.5 Å². The van der Waals surface area contributed by atoms with Crippen LogP contribution >= 0.6 is 11.6 Å². The van der Waals surface area contributed by atoms with Crippen LogP contribution in [0.1, 0.15) is 23.6 Å². The smallest absolute Gasteiger partial charge is 0.335 e. The monoisotopic (exact) mass is 452 g/mol. The van der Waals surface area contributed by atoms with E-state index in [9.17, 15) is 14.4 Å². The summed E-state index contributed by atoms with van der Waals surface area (Å²) in [5, 5.41) is 2.41. The van der Waals surface area contributed by atoms with Gasteiger partial charge in [0.25, 0.3) is 11.8 Å². The Morgan fingerprint density at radius 2 is 1.78 bits per heavy atom. The molecule has 0 saturated carbocycles. The van der Waals surface area contributed by atoms with Gasteiger partial charge in [-0.1, -0.05) is 23.6 Å². The number of halogens is 1. The van der Waals surface area contributed by atoms with Crippen LogP contribution in [0.15, 0.2) is 35.9 Å². The van der Waals surface area contributed by atoms with Crippen molar-refractivity contribution in [3.63, 3.8) is 0 Å². The third-order valence-corrected chi connectivity index (χ3v) is 4.79. The Balaban J connectivity index is 2.04. The third-order valence-electron chi connectivity index (χ3n) is 4.51. The maximum absolute atomic E-state index is 13.1. The number of hydrogen-bond acceptors (Lipinski definition) is 5. The number of hydrogen-bond donors (Lipinski definition) is 1. The van der Waals surface area contributed by atoms with Crippen LogP contribution in [-0.2, 0) is 9.59 Å². The molecule has 0 aliphatic carbocycles. The number of carbonyl (C=O) groups is 3. The highest BCUT2D eigenvalue weighted by Gasteiger charge is 2.37. The predicted octanol–water partition coefficient (Wildman–Crippen LogP) is 4.03. The van der Waals surface area contributed by atoms with Crippen LogP contribution < -0.4 is 19.7 Å². The quantitative estimate of drug-likeness (QED) is 0.406. The molecule has 0 unspecified atom stereocenters. The third kappa shape index (κ3) is 4.76. The molecule has 1 heterocycles. The van der Waals surface area contributed by atoms with Crippen molar-refractivity contribution in [1.82, 2.24) is 5.32 Å². The number of barbiturate groups is 1. The predicted molar refractivity (Wildman–Crippen MR) is 122 cm³/mol. The van der Waals surface area contributed by atoms with E-state index in [1.165, 1.54) is 12.1 Å². The van der Waals surface area contributed by atoms with Gasteiger partial charge in [0.05, 0.1) is 17.3 Å². The van der Waals surface area contributed by atoms with E-state index in [0.717, 1.165) is 16.0 Å². The average molecular weight is 453 g/mol. The van der Waals surface area contributed by atoms with Gasteiger partial charge in [0.2, 0.25) is 0 Å². The molecule has 1 N–H and O–H groups in total. The summed E-state index contributed by atoms with van der Waals surface area (Å²) in [6, 6.07) is 7.58. The topological polar surface area (TPSA) is 84.9 Å². The number of rotatable bonds is 6. The number of amides is 4. The molecular weight excluding hydrogens is 432 g/mol. The van der Waals surface area contributed by atoms with Gasteiger partial charge in [-0.05, 0) is 67.8 Å². The Kier molecular flexibility index (Phi) is 6.86. The standard InChI is InChI=1S/C24H21ClN2O5/c1-5-7-32-21-19(25)12-16(13-20(21)31-6-2)11-18-22(28)26-24(30)27(23(18)29)17-9-14(3)8-15(4)10-17/h1,8-13H,6-7H2,2-4H3,(H,26,28,30). The van der Waals surface area contributed by atoms with Crippen molar-refractivity contribution in [1.29, 1.82) is 0 Å². The number of imide groups is 2. The molecule has 3 rings (SSSR count). The highest BCUT2D eigenvalue weighted by atomic mass is 35.5. The van der Waals surface area contributed by atoms with Crippen LogP contribution in [0.25, 0.3) is 6.08 Å². The highest BCUT2D eigenvalue weighted by molar-refractivity contribution is 6.39. The van der Waals surface area contributed by atoms with Crippen LogP contribution in [0.4, 0.5) is 10.5 Å². The second kappa shape index (κ2) is 9.58. The molecular formula is C24H21ClN2O5. The Morgan fingerprint density at radius 1 is 1.09 bits per heavy atom. The van der Waals surface area contributed by atoms with Crippen LogP contribution in [0, 0.1) is 26.2 Å². The number of ether oxygens (including phenoxy) is 2. The molecule has 1 saturated heterocycles. The normalized spacial score (nSPS) is 14.9. The fourth-order valence-electron chi connectivity index (χ4n) is 3.33. The number of aryl methyl sites for hydroxylation is 2. The minimum Gasteiger partial charge on any atom is -0.490 e. The van der Waals surface area contributed by atoms with Crippen molar-refractivity contribution in [2.75, 3.05) is 18.1 Å². The number of nitrogens with zero attached hydrogens (tertiary/aromatic N) is 1. The van der Waals surface area contributed by atoms with Crippen LogP contribution in [-0.4, -0.2) is 31.1 Å². The summed E-state index contributed by atoms with van der Waals surface area (Å²) in [7, 11) is 0. The second-order valence-corrected chi connectivity index (χ2v) is 7.47. The van der Waals surface area contributed by atoms with Crippen molar-refractivity contribution < 1.29 is 23.9 Å². The molecule has 0 radical (unpaired) electrons. The first-order chi connectivity index (χ1) is 15.2. The molecule has 1 fully saturated rings. The summed E-state index contributed by atoms with van der Waals surface area (Å²) < 4.78 is 11.0. The van der Waals surface area contributed by atoms with Crippen LogP contribution in [0.2, 0.25) is 5.02 Å². The molecule has 0 bridgehead atoms. The minimum atomic E-state index is -0.812. The van der Waals surface area contributed by atoms with Crippen molar-refractivity contribution in [3.8, 4) is 23.8 Å². The van der Waals surface area contributed by atoms with Crippen molar-refractivity contribution in [2.24, 2.45) is 0 Å². The molecule has 4 amide bonds. The molecule has 32 heavy (non-hydrogen) atoms. The molecule has 1 aliphatic rings. The lowest BCUT2D eigenvalue weighted by Crippen LogP contribution is -2.54. The van der Waals surface area contributed by atoms with Crippen molar-refractivity contribution in [2.45, 2.75) is 20.8 Å². The largest absolute Gasteiger partial charge is 0.490 e. The number of anilines is 1.